The van der Waals surface area contributed by atoms with Crippen molar-refractivity contribution in [2.45, 2.75) is 33.2 Å². The first-order valence-corrected chi connectivity index (χ1v) is 13.6. The lowest BCUT2D eigenvalue weighted by atomic mass is 10.0. The van der Waals surface area contributed by atoms with Crippen LogP contribution in [0.1, 0.15) is 23.4 Å². The molecule has 0 atom stereocenters. The molecule has 206 valence electrons. The summed E-state index contributed by atoms with van der Waals surface area (Å²) >= 11 is 0. The molecular formula is C30H35N9O. The van der Waals surface area contributed by atoms with E-state index in [-0.39, 0.29) is 0 Å². The average molecular weight is 538 g/mol. The lowest BCUT2D eigenvalue weighted by molar-refractivity contribution is 0.416. The number of likely N-dealkylation sites (N-methyl/N-ethyl adjacent to an activating group) is 2. The van der Waals surface area contributed by atoms with Crippen molar-refractivity contribution in [1.82, 2.24) is 29.6 Å². The number of aromatic nitrogens is 5. The molecule has 0 aliphatic carbocycles. The summed E-state index contributed by atoms with van der Waals surface area (Å²) in [7, 11) is 6.20. The summed E-state index contributed by atoms with van der Waals surface area (Å²) in [6.07, 6.45) is 6.14. The van der Waals surface area contributed by atoms with Crippen LogP contribution in [0.2, 0.25) is 0 Å². The zero-order valence-electron chi connectivity index (χ0n) is 23.7. The molecule has 1 aliphatic heterocycles. The van der Waals surface area contributed by atoms with Gasteiger partial charge in [0.2, 0.25) is 11.8 Å². The Morgan fingerprint density at radius 1 is 1.07 bits per heavy atom. The van der Waals surface area contributed by atoms with Gasteiger partial charge >= 0.3 is 0 Å². The Morgan fingerprint density at radius 2 is 1.93 bits per heavy atom. The van der Waals surface area contributed by atoms with E-state index in [2.05, 4.69) is 93.4 Å². The van der Waals surface area contributed by atoms with Gasteiger partial charge in [-0.15, -0.1) is 10.2 Å². The Bertz CT molecular complexity index is 1700. The number of anilines is 4. The first-order chi connectivity index (χ1) is 19.3. The third-order valence-electron chi connectivity index (χ3n) is 7.54. The van der Waals surface area contributed by atoms with E-state index >= 15 is 0 Å². The number of hydrogen-bond acceptors (Lipinski definition) is 9. The Morgan fingerprint density at radius 3 is 2.70 bits per heavy atom. The van der Waals surface area contributed by atoms with Crippen LogP contribution in [0.25, 0.3) is 33.6 Å². The Hall–Kier alpha value is -4.44. The molecule has 0 fully saturated rings. The summed E-state index contributed by atoms with van der Waals surface area (Å²) in [5, 5.41) is 12.9. The standard InChI is InChI=1S/C30H35N9O/c1-18-14-26(38(5)13-12-37(3)4)24(31)15-25(18)33-30-32-16-22(29-36-35-19(2)40-29)27(34-30)23-17-39-11-7-9-20-8-6-10-21(23)28(20)39/h6,8,10,14-17H,7,9,11-13,31H2,1-5H3,(H,32,33,34). The van der Waals surface area contributed by atoms with E-state index in [9.17, 15) is 0 Å². The van der Waals surface area contributed by atoms with Crippen molar-refractivity contribution in [3.05, 3.63) is 59.7 Å². The fourth-order valence-corrected chi connectivity index (χ4v) is 5.42. The number of hydrogen-bond donors (Lipinski definition) is 2. The monoisotopic (exact) mass is 537 g/mol. The Kier molecular flexibility index (Phi) is 6.63. The van der Waals surface area contributed by atoms with Crippen molar-refractivity contribution in [2.24, 2.45) is 0 Å². The summed E-state index contributed by atoms with van der Waals surface area (Å²) in [6, 6.07) is 10.6. The predicted octanol–water partition coefficient (Wildman–Crippen LogP) is 5.03. The van der Waals surface area contributed by atoms with Crippen LogP contribution in [0, 0.1) is 13.8 Å². The molecule has 40 heavy (non-hydrogen) atoms. The van der Waals surface area contributed by atoms with Crippen LogP contribution in [0.15, 0.2) is 47.1 Å². The number of nitrogen functional groups attached to an aromatic ring is 1. The van der Waals surface area contributed by atoms with Crippen molar-refractivity contribution in [2.75, 3.05) is 50.2 Å². The lowest BCUT2D eigenvalue weighted by Gasteiger charge is -2.24. The molecule has 6 rings (SSSR count). The van der Waals surface area contributed by atoms with Crippen LogP contribution in [-0.2, 0) is 13.0 Å². The van der Waals surface area contributed by atoms with Crippen LogP contribution in [-0.4, -0.2) is 63.9 Å². The van der Waals surface area contributed by atoms with Gasteiger partial charge in [0.25, 0.3) is 5.89 Å². The first kappa shape index (κ1) is 25.8. The van der Waals surface area contributed by atoms with Gasteiger partial charge in [-0.05, 0) is 57.1 Å². The van der Waals surface area contributed by atoms with Crippen LogP contribution in [0.4, 0.5) is 23.0 Å². The summed E-state index contributed by atoms with van der Waals surface area (Å²) in [5.74, 6) is 1.36. The fraction of sp³-hybridized carbons (Fsp3) is 0.333. The van der Waals surface area contributed by atoms with E-state index in [1.165, 1.54) is 11.1 Å². The van der Waals surface area contributed by atoms with Crippen LogP contribution in [0.3, 0.4) is 0 Å². The topological polar surface area (TPSA) is 114 Å². The molecule has 4 heterocycles. The first-order valence-electron chi connectivity index (χ1n) is 13.6. The Labute approximate surface area is 233 Å². The number of benzene rings is 2. The summed E-state index contributed by atoms with van der Waals surface area (Å²) < 4.78 is 8.15. The minimum Gasteiger partial charge on any atom is -0.421 e. The van der Waals surface area contributed by atoms with E-state index in [1.54, 1.807) is 13.1 Å². The summed E-state index contributed by atoms with van der Waals surface area (Å²) in [5.41, 5.74) is 15.2. The Balaban J connectivity index is 1.41. The summed E-state index contributed by atoms with van der Waals surface area (Å²) in [4.78, 5) is 14.0. The maximum Gasteiger partial charge on any atom is 0.251 e. The van der Waals surface area contributed by atoms with Crippen molar-refractivity contribution < 1.29 is 4.42 Å². The molecule has 0 radical (unpaired) electrons. The molecule has 0 bridgehead atoms. The number of rotatable bonds is 8. The zero-order chi connectivity index (χ0) is 28.0. The molecule has 0 saturated heterocycles. The quantitative estimate of drug-likeness (QED) is 0.263. The molecule has 0 saturated carbocycles. The largest absolute Gasteiger partial charge is 0.421 e. The van der Waals surface area contributed by atoms with Gasteiger partial charge in [-0.2, -0.15) is 0 Å². The molecule has 0 unspecified atom stereocenters. The van der Waals surface area contributed by atoms with Crippen LogP contribution < -0.4 is 16.0 Å². The highest BCUT2D eigenvalue weighted by Crippen LogP contribution is 2.39. The van der Waals surface area contributed by atoms with E-state index in [0.29, 0.717) is 29.0 Å². The molecular weight excluding hydrogens is 502 g/mol. The van der Waals surface area contributed by atoms with Gasteiger partial charge in [-0.1, -0.05) is 18.2 Å². The summed E-state index contributed by atoms with van der Waals surface area (Å²) in [6.45, 7) is 6.64. The SMILES string of the molecule is Cc1nnc(-c2cnc(Nc3cc(N)c(N(C)CCN(C)C)cc3C)nc2-c2cn3c4c(cccc24)CCC3)o1. The maximum absolute atomic E-state index is 6.51. The molecule has 0 amide bonds. The number of para-hydroxylation sites is 1. The van der Waals surface area contributed by atoms with Crippen LogP contribution >= 0.6 is 0 Å². The lowest BCUT2D eigenvalue weighted by Crippen LogP contribution is -2.29. The average Bonchev–Trinajstić information content (AvgIpc) is 3.54. The van der Waals surface area contributed by atoms with Crippen molar-refractivity contribution in [1.29, 1.82) is 0 Å². The van der Waals surface area contributed by atoms with E-state index in [1.807, 2.05) is 6.07 Å². The van der Waals surface area contributed by atoms with Crippen molar-refractivity contribution in [3.63, 3.8) is 0 Å². The third-order valence-corrected chi connectivity index (χ3v) is 7.54. The molecule has 3 aromatic heterocycles. The second-order valence-electron chi connectivity index (χ2n) is 10.8. The smallest absolute Gasteiger partial charge is 0.251 e. The van der Waals surface area contributed by atoms with E-state index in [0.717, 1.165) is 66.1 Å². The molecule has 0 spiro atoms. The molecule has 2 aromatic carbocycles. The number of nitrogens with one attached hydrogen (secondary N) is 1. The second kappa shape index (κ2) is 10.3. The highest BCUT2D eigenvalue weighted by Gasteiger charge is 2.23. The maximum atomic E-state index is 6.51. The number of nitrogens with two attached hydrogens (primary N) is 1. The van der Waals surface area contributed by atoms with Gasteiger partial charge in [0.1, 0.15) is 0 Å². The molecule has 10 nitrogen and oxygen atoms in total. The van der Waals surface area contributed by atoms with Gasteiger partial charge < -0.3 is 29.8 Å². The van der Waals surface area contributed by atoms with Gasteiger partial charge in [0.15, 0.2) is 0 Å². The third kappa shape index (κ3) is 4.75. The highest BCUT2D eigenvalue weighted by molar-refractivity contribution is 6.00. The van der Waals surface area contributed by atoms with Gasteiger partial charge in [0, 0.05) is 62.6 Å². The van der Waals surface area contributed by atoms with Gasteiger partial charge in [-0.3, -0.25) is 0 Å². The minimum atomic E-state index is 0.400. The fourth-order valence-electron chi connectivity index (χ4n) is 5.42. The minimum absolute atomic E-state index is 0.400. The van der Waals surface area contributed by atoms with E-state index in [4.69, 9.17) is 15.1 Å². The predicted molar refractivity (Wildman–Crippen MR) is 160 cm³/mol. The van der Waals surface area contributed by atoms with Crippen molar-refractivity contribution in [3.8, 4) is 22.7 Å². The normalized spacial score (nSPS) is 12.8. The van der Waals surface area contributed by atoms with Crippen molar-refractivity contribution >= 4 is 33.9 Å². The number of aryl methyl sites for hydroxylation is 4. The second-order valence-corrected chi connectivity index (χ2v) is 10.8. The molecule has 3 N–H and O–H groups in total. The van der Waals surface area contributed by atoms with E-state index < -0.39 is 0 Å². The van der Waals surface area contributed by atoms with Gasteiger partial charge in [-0.25, -0.2) is 9.97 Å². The molecule has 1 aliphatic rings. The molecule has 5 aromatic rings. The number of nitrogens with zero attached hydrogens (tertiary/aromatic N) is 7. The zero-order valence-corrected chi connectivity index (χ0v) is 23.7. The molecule has 10 heteroatoms. The highest BCUT2D eigenvalue weighted by atomic mass is 16.4. The van der Waals surface area contributed by atoms with Gasteiger partial charge in [0.05, 0.1) is 28.1 Å². The van der Waals surface area contributed by atoms with Crippen LogP contribution in [0.5, 0.6) is 0 Å².